The van der Waals surface area contributed by atoms with Crippen molar-refractivity contribution in [3.8, 4) is 5.75 Å². The number of ether oxygens (including phenoxy) is 1. The topological polar surface area (TPSA) is 71.2 Å². The van der Waals surface area contributed by atoms with Crippen LogP contribution in [0.5, 0.6) is 5.75 Å². The number of hydrogen-bond acceptors (Lipinski definition) is 3. The molecule has 1 amide bonds. The van der Waals surface area contributed by atoms with Gasteiger partial charge in [0.15, 0.2) is 0 Å². The van der Waals surface area contributed by atoms with E-state index in [-0.39, 0.29) is 18.0 Å². The molecule has 138 valence electrons. The number of hydrogen-bond donors (Lipinski definition) is 2. The van der Waals surface area contributed by atoms with Crippen molar-refractivity contribution in [3.05, 3.63) is 99.0 Å². The Bertz CT molecular complexity index is 994. The van der Waals surface area contributed by atoms with E-state index in [1.54, 1.807) is 18.2 Å². The summed E-state index contributed by atoms with van der Waals surface area (Å²) in [6.45, 7) is 4.30. The summed E-state index contributed by atoms with van der Waals surface area (Å²) in [5, 5.41) is 2.80. The standard InChI is InChI=1S/C22H22N2O3/c1-15-11-16(2)24-22(26)20(15)13-23-21(25)18-9-6-10-19(12-18)27-14-17-7-4-3-5-8-17/h3-12H,13-14H2,1-2H3,(H,23,25)(H,24,26). The molecule has 0 saturated heterocycles. The lowest BCUT2D eigenvalue weighted by atomic mass is 10.1. The van der Waals surface area contributed by atoms with Crippen LogP contribution in [0.15, 0.2) is 65.5 Å². The molecule has 3 rings (SSSR count). The van der Waals surface area contributed by atoms with Crippen LogP contribution in [0.3, 0.4) is 0 Å². The van der Waals surface area contributed by atoms with Gasteiger partial charge in [-0.2, -0.15) is 0 Å². The maximum absolute atomic E-state index is 12.5. The Morgan fingerprint density at radius 3 is 2.56 bits per heavy atom. The molecule has 1 heterocycles. The van der Waals surface area contributed by atoms with Crippen LogP contribution in [0.2, 0.25) is 0 Å². The highest BCUT2D eigenvalue weighted by Gasteiger charge is 2.10. The second-order valence-corrected chi connectivity index (χ2v) is 6.43. The third-order valence-electron chi connectivity index (χ3n) is 4.26. The first kappa shape index (κ1) is 18.5. The number of benzene rings is 2. The Hall–Kier alpha value is -3.34. The van der Waals surface area contributed by atoms with Gasteiger partial charge in [0.25, 0.3) is 11.5 Å². The first-order valence-corrected chi connectivity index (χ1v) is 8.77. The van der Waals surface area contributed by atoms with Gasteiger partial charge >= 0.3 is 0 Å². The van der Waals surface area contributed by atoms with Gasteiger partial charge in [-0.15, -0.1) is 0 Å². The van der Waals surface area contributed by atoms with E-state index in [2.05, 4.69) is 10.3 Å². The van der Waals surface area contributed by atoms with E-state index in [1.165, 1.54) is 0 Å². The van der Waals surface area contributed by atoms with E-state index in [0.29, 0.717) is 23.5 Å². The molecule has 0 aliphatic rings. The Labute approximate surface area is 158 Å². The second-order valence-electron chi connectivity index (χ2n) is 6.43. The Morgan fingerprint density at radius 2 is 1.81 bits per heavy atom. The maximum atomic E-state index is 12.5. The zero-order chi connectivity index (χ0) is 19.2. The molecular formula is C22H22N2O3. The third-order valence-corrected chi connectivity index (χ3v) is 4.26. The monoisotopic (exact) mass is 362 g/mol. The summed E-state index contributed by atoms with van der Waals surface area (Å²) >= 11 is 0. The molecular weight excluding hydrogens is 340 g/mol. The highest BCUT2D eigenvalue weighted by Crippen LogP contribution is 2.15. The van der Waals surface area contributed by atoms with Crippen LogP contribution in [0, 0.1) is 13.8 Å². The van der Waals surface area contributed by atoms with Crippen molar-refractivity contribution >= 4 is 5.91 Å². The summed E-state index contributed by atoms with van der Waals surface area (Å²) in [4.78, 5) is 27.3. The fourth-order valence-corrected chi connectivity index (χ4v) is 2.84. The number of pyridine rings is 1. The number of rotatable bonds is 6. The average Bonchev–Trinajstić information content (AvgIpc) is 2.66. The zero-order valence-corrected chi connectivity index (χ0v) is 15.4. The fourth-order valence-electron chi connectivity index (χ4n) is 2.84. The van der Waals surface area contributed by atoms with E-state index in [4.69, 9.17) is 4.74 Å². The van der Waals surface area contributed by atoms with Crippen molar-refractivity contribution in [2.45, 2.75) is 27.0 Å². The van der Waals surface area contributed by atoms with Crippen LogP contribution in [0.1, 0.15) is 32.7 Å². The summed E-state index contributed by atoms with van der Waals surface area (Å²) in [5.41, 5.74) is 3.59. The van der Waals surface area contributed by atoms with Crippen LogP contribution in [-0.2, 0) is 13.2 Å². The first-order valence-electron chi connectivity index (χ1n) is 8.77. The van der Waals surface area contributed by atoms with Gasteiger partial charge in [-0.05, 0) is 49.2 Å². The van der Waals surface area contributed by atoms with Crippen LogP contribution in [0.4, 0.5) is 0 Å². The van der Waals surface area contributed by atoms with Crippen molar-refractivity contribution in [3.63, 3.8) is 0 Å². The fraction of sp³-hybridized carbons (Fsp3) is 0.182. The summed E-state index contributed by atoms with van der Waals surface area (Å²) in [6.07, 6.45) is 0. The average molecular weight is 362 g/mol. The Morgan fingerprint density at radius 1 is 1.04 bits per heavy atom. The molecule has 27 heavy (non-hydrogen) atoms. The predicted octanol–water partition coefficient (Wildman–Crippen LogP) is 3.50. The largest absolute Gasteiger partial charge is 0.489 e. The van der Waals surface area contributed by atoms with E-state index in [9.17, 15) is 9.59 Å². The van der Waals surface area contributed by atoms with E-state index in [1.807, 2.05) is 56.3 Å². The van der Waals surface area contributed by atoms with E-state index in [0.717, 1.165) is 16.8 Å². The quantitative estimate of drug-likeness (QED) is 0.705. The lowest BCUT2D eigenvalue weighted by molar-refractivity contribution is 0.0950. The lowest BCUT2D eigenvalue weighted by Crippen LogP contribution is -2.27. The minimum Gasteiger partial charge on any atom is -0.489 e. The molecule has 2 aromatic carbocycles. The van der Waals surface area contributed by atoms with Crippen LogP contribution in [-0.4, -0.2) is 10.9 Å². The van der Waals surface area contributed by atoms with Crippen LogP contribution >= 0.6 is 0 Å². The molecule has 1 aromatic heterocycles. The van der Waals surface area contributed by atoms with Gasteiger partial charge in [-0.25, -0.2) is 0 Å². The van der Waals surface area contributed by atoms with Gasteiger partial charge in [-0.1, -0.05) is 36.4 Å². The van der Waals surface area contributed by atoms with Crippen molar-refractivity contribution in [1.29, 1.82) is 0 Å². The molecule has 0 spiro atoms. The molecule has 0 atom stereocenters. The molecule has 0 fully saturated rings. The van der Waals surface area contributed by atoms with Gasteiger partial charge in [0.1, 0.15) is 12.4 Å². The van der Waals surface area contributed by atoms with Gasteiger partial charge in [0.2, 0.25) is 0 Å². The van der Waals surface area contributed by atoms with Crippen molar-refractivity contribution in [2.24, 2.45) is 0 Å². The Balaban J connectivity index is 1.64. The molecule has 0 bridgehead atoms. The Kier molecular flexibility index (Phi) is 5.71. The molecule has 5 heteroatoms. The zero-order valence-electron chi connectivity index (χ0n) is 15.4. The summed E-state index contributed by atoms with van der Waals surface area (Å²) < 4.78 is 5.76. The number of nitrogens with one attached hydrogen (secondary N) is 2. The molecule has 3 aromatic rings. The van der Waals surface area contributed by atoms with Crippen molar-refractivity contribution < 1.29 is 9.53 Å². The number of carbonyl (C=O) groups excluding carboxylic acids is 1. The molecule has 0 aliphatic carbocycles. The molecule has 2 N–H and O–H groups in total. The third kappa shape index (κ3) is 4.85. The number of H-pyrrole nitrogens is 1. The molecule has 0 radical (unpaired) electrons. The number of carbonyl (C=O) groups is 1. The minimum atomic E-state index is -0.250. The molecule has 0 unspecified atom stereocenters. The van der Waals surface area contributed by atoms with E-state index >= 15 is 0 Å². The number of aromatic amines is 1. The van der Waals surface area contributed by atoms with Gasteiger partial charge in [-0.3, -0.25) is 9.59 Å². The van der Waals surface area contributed by atoms with Gasteiger partial charge in [0.05, 0.1) is 0 Å². The lowest BCUT2D eigenvalue weighted by Gasteiger charge is -2.10. The first-order chi connectivity index (χ1) is 13.0. The minimum absolute atomic E-state index is 0.173. The highest BCUT2D eigenvalue weighted by molar-refractivity contribution is 5.94. The molecule has 5 nitrogen and oxygen atoms in total. The summed E-state index contributed by atoms with van der Waals surface area (Å²) in [7, 11) is 0. The van der Waals surface area contributed by atoms with Crippen LogP contribution in [0.25, 0.3) is 0 Å². The summed E-state index contributed by atoms with van der Waals surface area (Å²) in [6, 6.07) is 18.7. The molecule has 0 saturated carbocycles. The number of aryl methyl sites for hydroxylation is 2. The van der Waals surface area contributed by atoms with Crippen molar-refractivity contribution in [2.75, 3.05) is 0 Å². The van der Waals surface area contributed by atoms with E-state index < -0.39 is 0 Å². The maximum Gasteiger partial charge on any atom is 0.253 e. The summed E-state index contributed by atoms with van der Waals surface area (Å²) in [5.74, 6) is 0.371. The predicted molar refractivity (Wildman–Crippen MR) is 105 cm³/mol. The molecule has 0 aliphatic heterocycles. The number of amides is 1. The smallest absolute Gasteiger partial charge is 0.253 e. The van der Waals surface area contributed by atoms with Gasteiger partial charge < -0.3 is 15.0 Å². The van der Waals surface area contributed by atoms with Crippen LogP contribution < -0.4 is 15.6 Å². The normalized spacial score (nSPS) is 10.4. The van der Waals surface area contributed by atoms with Crippen molar-refractivity contribution in [1.82, 2.24) is 10.3 Å². The van der Waals surface area contributed by atoms with Gasteiger partial charge in [0, 0.05) is 23.4 Å². The SMILES string of the molecule is Cc1cc(C)c(CNC(=O)c2cccc(OCc3ccccc3)c2)c(=O)[nH]1. The highest BCUT2D eigenvalue weighted by atomic mass is 16.5. The second kappa shape index (κ2) is 8.36. The number of aromatic nitrogens is 1.